The van der Waals surface area contributed by atoms with Gasteiger partial charge in [-0.3, -0.25) is 37.3 Å². The molecule has 17 nitrogen and oxygen atoms in total. The van der Waals surface area contributed by atoms with Crippen LogP contribution in [0.4, 0.5) is 0 Å². The van der Waals surface area contributed by atoms with E-state index >= 15 is 0 Å². The molecule has 0 fully saturated rings. The predicted octanol–water partition coefficient (Wildman–Crippen LogP) is 17.8. The Balaban J connectivity index is 5.26. The molecule has 0 aromatic rings. The number of ether oxygens (including phenoxy) is 4. The number of esters is 4. The molecule has 0 aliphatic carbocycles. The van der Waals surface area contributed by atoms with E-state index in [1.54, 1.807) is 0 Å². The maximum Gasteiger partial charge on any atom is 0.472 e. The van der Waals surface area contributed by atoms with Crippen LogP contribution in [-0.4, -0.2) is 96.7 Å². The molecular formula is C65H126O17P2. The summed E-state index contributed by atoms with van der Waals surface area (Å²) in [6, 6.07) is 0. The zero-order valence-corrected chi connectivity index (χ0v) is 56.3. The normalized spacial score (nSPS) is 14.7. The lowest BCUT2D eigenvalue weighted by atomic mass is 10.00. The second-order valence-electron chi connectivity index (χ2n) is 25.2. The number of aliphatic hydroxyl groups excluding tert-OH is 1. The van der Waals surface area contributed by atoms with E-state index in [9.17, 15) is 43.2 Å². The van der Waals surface area contributed by atoms with Crippen LogP contribution in [0.15, 0.2) is 0 Å². The molecule has 0 rings (SSSR count). The van der Waals surface area contributed by atoms with Gasteiger partial charge in [0.15, 0.2) is 12.2 Å². The average molecular weight is 1240 g/mol. The van der Waals surface area contributed by atoms with Crippen LogP contribution in [0.1, 0.15) is 312 Å². The lowest BCUT2D eigenvalue weighted by Gasteiger charge is -2.21. The number of aliphatic hydroxyl groups is 1. The highest BCUT2D eigenvalue weighted by Gasteiger charge is 2.30. The molecule has 6 atom stereocenters. The van der Waals surface area contributed by atoms with Gasteiger partial charge in [0.05, 0.1) is 26.4 Å². The van der Waals surface area contributed by atoms with E-state index in [1.165, 1.54) is 109 Å². The quantitative estimate of drug-likeness (QED) is 0.0222. The predicted molar refractivity (Wildman–Crippen MR) is 335 cm³/mol. The van der Waals surface area contributed by atoms with E-state index in [4.69, 9.17) is 37.0 Å². The van der Waals surface area contributed by atoms with Crippen molar-refractivity contribution in [2.75, 3.05) is 39.6 Å². The Kier molecular flexibility index (Phi) is 53.9. The molecule has 0 saturated carbocycles. The molecule has 0 aliphatic rings. The average Bonchev–Trinajstić information content (AvgIpc) is 3.45. The third kappa shape index (κ3) is 57.8. The standard InChI is InChI=1S/C65H126O17P2/c1-9-58(8)44-36-28-23-24-32-40-48-65(70)82-61(52-75-62(67)45-37-29-20-14-10-12-17-25-33-41-55(2)3)54-80-84(73,74)78-50-59(66)49-77-83(71,72)79-53-60(51-76-63(68)46-38-30-22-16-19-27-35-43-57(6)7)81-64(69)47-39-31-21-15-11-13-18-26-34-42-56(4)5/h55-61,66H,9-54H2,1-8H3,(H,71,72)(H,73,74)/t58?,59?,60-,61-/m1/s1. The van der Waals surface area contributed by atoms with Crippen molar-refractivity contribution in [3.63, 3.8) is 0 Å². The largest absolute Gasteiger partial charge is 0.472 e. The minimum absolute atomic E-state index is 0.102. The number of hydrogen-bond donors (Lipinski definition) is 3. The topological polar surface area (TPSA) is 237 Å². The van der Waals surface area contributed by atoms with Crippen molar-refractivity contribution in [1.29, 1.82) is 0 Å². The van der Waals surface area contributed by atoms with E-state index in [1.807, 2.05) is 0 Å². The minimum atomic E-state index is -4.95. The van der Waals surface area contributed by atoms with Crippen molar-refractivity contribution in [2.45, 2.75) is 331 Å². The highest BCUT2D eigenvalue weighted by atomic mass is 31.2. The van der Waals surface area contributed by atoms with Gasteiger partial charge in [-0.15, -0.1) is 0 Å². The first kappa shape index (κ1) is 82.1. The van der Waals surface area contributed by atoms with Crippen LogP contribution in [0, 0.1) is 23.7 Å². The Morgan fingerprint density at radius 2 is 0.571 bits per heavy atom. The van der Waals surface area contributed by atoms with Gasteiger partial charge in [0.25, 0.3) is 0 Å². The summed E-state index contributed by atoms with van der Waals surface area (Å²) in [5.74, 6) is 0.765. The minimum Gasteiger partial charge on any atom is -0.462 e. The molecule has 0 aliphatic heterocycles. The Morgan fingerprint density at radius 1 is 0.333 bits per heavy atom. The maximum absolute atomic E-state index is 13.0. The maximum atomic E-state index is 13.0. The zero-order chi connectivity index (χ0) is 62.5. The van der Waals surface area contributed by atoms with Crippen LogP contribution < -0.4 is 0 Å². The van der Waals surface area contributed by atoms with Gasteiger partial charge in [-0.25, -0.2) is 9.13 Å². The van der Waals surface area contributed by atoms with Crippen LogP contribution in [0.3, 0.4) is 0 Å². The molecule has 498 valence electrons. The Morgan fingerprint density at radius 3 is 0.845 bits per heavy atom. The summed E-state index contributed by atoms with van der Waals surface area (Å²) in [5, 5.41) is 10.5. The van der Waals surface area contributed by atoms with Crippen LogP contribution in [0.5, 0.6) is 0 Å². The number of rotatable bonds is 62. The second kappa shape index (κ2) is 55.2. The first-order valence-electron chi connectivity index (χ1n) is 33.7. The SMILES string of the molecule is CCC(C)CCCCCCCCC(=O)O[C@H](COC(=O)CCCCCCCCCCCC(C)C)COP(=O)(O)OCC(O)COP(=O)(O)OC[C@@H](COC(=O)CCCCCCCCCC(C)C)OC(=O)CCCCCCCCCCCC(C)C. The second-order valence-corrected chi connectivity index (χ2v) is 28.1. The highest BCUT2D eigenvalue weighted by molar-refractivity contribution is 7.47. The molecule has 0 amide bonds. The molecule has 0 aromatic heterocycles. The van der Waals surface area contributed by atoms with Crippen molar-refractivity contribution < 1.29 is 80.2 Å². The van der Waals surface area contributed by atoms with Crippen molar-refractivity contribution >= 4 is 39.5 Å². The zero-order valence-electron chi connectivity index (χ0n) is 54.5. The number of hydrogen-bond acceptors (Lipinski definition) is 15. The van der Waals surface area contributed by atoms with Gasteiger partial charge in [-0.05, 0) is 49.4 Å². The molecule has 0 bridgehead atoms. The van der Waals surface area contributed by atoms with Crippen molar-refractivity contribution in [3.05, 3.63) is 0 Å². The summed E-state index contributed by atoms with van der Waals surface area (Å²) in [4.78, 5) is 72.3. The summed E-state index contributed by atoms with van der Waals surface area (Å²) >= 11 is 0. The lowest BCUT2D eigenvalue weighted by molar-refractivity contribution is -0.161. The third-order valence-corrected chi connectivity index (χ3v) is 17.1. The molecule has 19 heteroatoms. The molecule has 3 N–H and O–H groups in total. The van der Waals surface area contributed by atoms with Crippen LogP contribution in [-0.2, 0) is 65.4 Å². The van der Waals surface area contributed by atoms with Crippen molar-refractivity contribution in [2.24, 2.45) is 23.7 Å². The van der Waals surface area contributed by atoms with Gasteiger partial charge in [0.2, 0.25) is 0 Å². The van der Waals surface area contributed by atoms with E-state index in [0.29, 0.717) is 31.6 Å². The van der Waals surface area contributed by atoms with Gasteiger partial charge in [-0.2, -0.15) is 0 Å². The molecule has 0 aromatic carbocycles. The number of unbranched alkanes of at least 4 members (excludes halogenated alkanes) is 27. The molecule has 0 saturated heterocycles. The highest BCUT2D eigenvalue weighted by Crippen LogP contribution is 2.45. The monoisotopic (exact) mass is 1240 g/mol. The first-order valence-corrected chi connectivity index (χ1v) is 36.7. The fourth-order valence-electron chi connectivity index (χ4n) is 9.57. The molecule has 84 heavy (non-hydrogen) atoms. The van der Waals surface area contributed by atoms with E-state index in [-0.39, 0.29) is 25.7 Å². The smallest absolute Gasteiger partial charge is 0.462 e. The summed E-state index contributed by atoms with van der Waals surface area (Å²) in [7, 11) is -9.89. The summed E-state index contributed by atoms with van der Waals surface area (Å²) in [6.07, 6.45) is 35.0. The van der Waals surface area contributed by atoms with E-state index < -0.39 is 97.5 Å². The van der Waals surface area contributed by atoms with Gasteiger partial charge in [0, 0.05) is 25.7 Å². The number of phosphoric ester groups is 2. The van der Waals surface area contributed by atoms with Gasteiger partial charge >= 0.3 is 39.5 Å². The molecule has 0 spiro atoms. The summed E-state index contributed by atoms with van der Waals surface area (Å²) < 4.78 is 68.0. The molecule has 4 unspecified atom stereocenters. The van der Waals surface area contributed by atoms with Crippen LogP contribution >= 0.6 is 15.6 Å². The lowest BCUT2D eigenvalue weighted by Crippen LogP contribution is -2.30. The summed E-state index contributed by atoms with van der Waals surface area (Å²) in [5.41, 5.74) is 0. The Hall–Kier alpha value is -1.94. The van der Waals surface area contributed by atoms with E-state index in [2.05, 4.69) is 55.4 Å². The van der Waals surface area contributed by atoms with Gasteiger partial charge in [0.1, 0.15) is 19.3 Å². The Bertz CT molecular complexity index is 1680. The molecule has 0 heterocycles. The molecule has 0 radical (unpaired) electrons. The van der Waals surface area contributed by atoms with Gasteiger partial charge < -0.3 is 33.8 Å². The van der Waals surface area contributed by atoms with Crippen molar-refractivity contribution in [3.8, 4) is 0 Å². The summed E-state index contributed by atoms with van der Waals surface area (Å²) in [6.45, 7) is 14.0. The number of carbonyl (C=O) groups is 4. The molecular weight excluding hydrogens is 1110 g/mol. The van der Waals surface area contributed by atoms with E-state index in [0.717, 1.165) is 114 Å². The first-order chi connectivity index (χ1) is 40.1. The van der Waals surface area contributed by atoms with Crippen LogP contribution in [0.25, 0.3) is 0 Å². The number of phosphoric acid groups is 2. The van der Waals surface area contributed by atoms with Gasteiger partial charge in [-0.1, -0.05) is 261 Å². The Labute approximate surface area is 511 Å². The number of carbonyl (C=O) groups excluding carboxylic acids is 4. The fraction of sp³-hybridized carbons (Fsp3) is 0.938. The van der Waals surface area contributed by atoms with Crippen LogP contribution in [0.2, 0.25) is 0 Å². The van der Waals surface area contributed by atoms with Crippen molar-refractivity contribution in [1.82, 2.24) is 0 Å². The third-order valence-electron chi connectivity index (χ3n) is 15.2. The fourth-order valence-corrected chi connectivity index (χ4v) is 11.2.